The van der Waals surface area contributed by atoms with E-state index in [0.29, 0.717) is 12.5 Å². The molecule has 0 aliphatic carbocycles. The van der Waals surface area contributed by atoms with Crippen LogP contribution in [0.5, 0.6) is 5.75 Å². The maximum atomic E-state index is 5.88. The predicted molar refractivity (Wildman–Crippen MR) is 80.8 cm³/mol. The Morgan fingerprint density at radius 2 is 2.00 bits per heavy atom. The molecule has 0 amide bonds. The minimum atomic E-state index is 0.283. The Kier molecular flexibility index (Phi) is 4.35. The lowest BCUT2D eigenvalue weighted by molar-refractivity contribution is 0.182. The van der Waals surface area contributed by atoms with E-state index in [0.717, 1.165) is 25.4 Å². The molecule has 1 aliphatic heterocycles. The van der Waals surface area contributed by atoms with Crippen molar-refractivity contribution in [1.29, 1.82) is 0 Å². The van der Waals surface area contributed by atoms with Gasteiger partial charge in [-0.2, -0.15) is 0 Å². The molecule has 0 radical (unpaired) electrons. The summed E-state index contributed by atoms with van der Waals surface area (Å²) < 4.78 is 5.49. The number of nitrogens with zero attached hydrogens (tertiary/aromatic N) is 1. The zero-order chi connectivity index (χ0) is 13.9. The van der Waals surface area contributed by atoms with Gasteiger partial charge in [0.1, 0.15) is 5.75 Å². The van der Waals surface area contributed by atoms with Crippen LogP contribution in [-0.2, 0) is 0 Å². The SMILES string of the molecule is CCOc1ccc(N2CCC(CN)C(C)(C)C2)cc1. The maximum absolute atomic E-state index is 5.88. The molecule has 1 aromatic carbocycles. The van der Waals surface area contributed by atoms with Gasteiger partial charge in [0, 0.05) is 18.8 Å². The summed E-state index contributed by atoms with van der Waals surface area (Å²) >= 11 is 0. The van der Waals surface area contributed by atoms with E-state index in [1.165, 1.54) is 12.1 Å². The van der Waals surface area contributed by atoms with Gasteiger partial charge < -0.3 is 15.4 Å². The summed E-state index contributed by atoms with van der Waals surface area (Å²) in [4.78, 5) is 2.46. The van der Waals surface area contributed by atoms with Gasteiger partial charge in [-0.1, -0.05) is 13.8 Å². The lowest BCUT2D eigenvalue weighted by Gasteiger charge is -2.45. The monoisotopic (exact) mass is 262 g/mol. The standard InChI is InChI=1S/C16H26N2O/c1-4-19-15-7-5-14(6-8-15)18-10-9-13(11-17)16(2,3)12-18/h5-8,13H,4,9-12,17H2,1-3H3. The Morgan fingerprint density at radius 1 is 1.32 bits per heavy atom. The van der Waals surface area contributed by atoms with Crippen LogP contribution in [0.2, 0.25) is 0 Å². The summed E-state index contributed by atoms with van der Waals surface area (Å²) in [7, 11) is 0. The highest BCUT2D eigenvalue weighted by Gasteiger charge is 2.34. The Balaban J connectivity index is 2.06. The van der Waals surface area contributed by atoms with Crippen molar-refractivity contribution in [2.75, 3.05) is 31.1 Å². The van der Waals surface area contributed by atoms with Crippen molar-refractivity contribution in [3.63, 3.8) is 0 Å². The molecule has 2 N–H and O–H groups in total. The molecule has 3 nitrogen and oxygen atoms in total. The van der Waals surface area contributed by atoms with E-state index in [-0.39, 0.29) is 5.41 Å². The Labute approximate surface area is 116 Å². The van der Waals surface area contributed by atoms with Crippen molar-refractivity contribution in [2.24, 2.45) is 17.1 Å². The number of hydrogen-bond donors (Lipinski definition) is 1. The summed E-state index contributed by atoms with van der Waals surface area (Å²) in [6.45, 7) is 10.3. The van der Waals surface area contributed by atoms with Gasteiger partial charge >= 0.3 is 0 Å². The van der Waals surface area contributed by atoms with E-state index in [9.17, 15) is 0 Å². The third kappa shape index (κ3) is 3.21. The molecule has 1 heterocycles. The zero-order valence-electron chi connectivity index (χ0n) is 12.4. The van der Waals surface area contributed by atoms with E-state index < -0.39 is 0 Å². The van der Waals surface area contributed by atoms with Crippen LogP contribution in [0.1, 0.15) is 27.2 Å². The molecule has 0 aromatic heterocycles. The van der Waals surface area contributed by atoms with Crippen LogP contribution in [0, 0.1) is 11.3 Å². The number of piperidine rings is 1. The Hall–Kier alpha value is -1.22. The summed E-state index contributed by atoms with van der Waals surface area (Å²) in [6, 6.07) is 8.43. The van der Waals surface area contributed by atoms with Gasteiger partial charge in [0.15, 0.2) is 0 Å². The number of ether oxygens (including phenoxy) is 1. The number of nitrogens with two attached hydrogens (primary N) is 1. The second-order valence-corrected chi connectivity index (χ2v) is 6.06. The zero-order valence-corrected chi connectivity index (χ0v) is 12.4. The summed E-state index contributed by atoms with van der Waals surface area (Å²) in [6.07, 6.45) is 1.18. The minimum Gasteiger partial charge on any atom is -0.494 e. The Morgan fingerprint density at radius 3 is 2.53 bits per heavy atom. The first-order valence-electron chi connectivity index (χ1n) is 7.24. The molecular formula is C16H26N2O. The quantitative estimate of drug-likeness (QED) is 0.906. The fraction of sp³-hybridized carbons (Fsp3) is 0.625. The summed E-state index contributed by atoms with van der Waals surface area (Å²) in [5.74, 6) is 1.58. The number of hydrogen-bond acceptors (Lipinski definition) is 3. The van der Waals surface area contributed by atoms with Crippen molar-refractivity contribution in [3.8, 4) is 5.75 Å². The van der Waals surface area contributed by atoms with Crippen molar-refractivity contribution < 1.29 is 4.74 Å². The molecule has 1 atom stereocenters. The molecule has 106 valence electrons. The van der Waals surface area contributed by atoms with Crippen LogP contribution in [-0.4, -0.2) is 26.2 Å². The van der Waals surface area contributed by atoms with Gasteiger partial charge in [0.2, 0.25) is 0 Å². The van der Waals surface area contributed by atoms with Crippen molar-refractivity contribution in [3.05, 3.63) is 24.3 Å². The average molecular weight is 262 g/mol. The van der Waals surface area contributed by atoms with Crippen LogP contribution >= 0.6 is 0 Å². The van der Waals surface area contributed by atoms with E-state index in [4.69, 9.17) is 10.5 Å². The fourth-order valence-electron chi connectivity index (χ4n) is 2.98. The molecular weight excluding hydrogens is 236 g/mol. The number of rotatable bonds is 4. The summed E-state index contributed by atoms with van der Waals surface area (Å²) in [5.41, 5.74) is 7.45. The third-order valence-electron chi connectivity index (χ3n) is 4.25. The minimum absolute atomic E-state index is 0.283. The van der Waals surface area contributed by atoms with E-state index in [2.05, 4.69) is 43.0 Å². The van der Waals surface area contributed by atoms with E-state index >= 15 is 0 Å². The smallest absolute Gasteiger partial charge is 0.119 e. The first-order valence-corrected chi connectivity index (χ1v) is 7.24. The molecule has 0 saturated carbocycles. The molecule has 19 heavy (non-hydrogen) atoms. The lowest BCUT2D eigenvalue weighted by Crippen LogP contribution is -2.48. The third-order valence-corrected chi connectivity index (χ3v) is 4.25. The molecule has 1 aliphatic rings. The van der Waals surface area contributed by atoms with Crippen LogP contribution < -0.4 is 15.4 Å². The largest absolute Gasteiger partial charge is 0.494 e. The molecule has 1 fully saturated rings. The maximum Gasteiger partial charge on any atom is 0.119 e. The van der Waals surface area contributed by atoms with E-state index in [1.807, 2.05) is 6.92 Å². The summed E-state index contributed by atoms with van der Waals surface area (Å²) in [5, 5.41) is 0. The van der Waals surface area contributed by atoms with Gasteiger partial charge in [0.25, 0.3) is 0 Å². The first kappa shape index (κ1) is 14.2. The van der Waals surface area contributed by atoms with Crippen LogP contribution in [0.25, 0.3) is 0 Å². The molecule has 0 spiro atoms. The van der Waals surface area contributed by atoms with Gasteiger partial charge in [-0.3, -0.25) is 0 Å². The fourth-order valence-corrected chi connectivity index (χ4v) is 2.98. The van der Waals surface area contributed by atoms with E-state index in [1.54, 1.807) is 0 Å². The highest BCUT2D eigenvalue weighted by molar-refractivity contribution is 5.49. The topological polar surface area (TPSA) is 38.5 Å². The van der Waals surface area contributed by atoms with Crippen LogP contribution in [0.15, 0.2) is 24.3 Å². The highest BCUT2D eigenvalue weighted by atomic mass is 16.5. The number of anilines is 1. The molecule has 1 aromatic rings. The lowest BCUT2D eigenvalue weighted by atomic mass is 9.74. The van der Waals surface area contributed by atoms with Crippen LogP contribution in [0.3, 0.4) is 0 Å². The van der Waals surface area contributed by atoms with Gasteiger partial charge in [-0.05, 0) is 55.5 Å². The molecule has 0 bridgehead atoms. The second kappa shape index (κ2) is 5.83. The van der Waals surface area contributed by atoms with Gasteiger partial charge in [-0.15, -0.1) is 0 Å². The van der Waals surface area contributed by atoms with Crippen molar-refractivity contribution in [2.45, 2.75) is 27.2 Å². The van der Waals surface area contributed by atoms with Gasteiger partial charge in [0.05, 0.1) is 6.61 Å². The van der Waals surface area contributed by atoms with Crippen molar-refractivity contribution in [1.82, 2.24) is 0 Å². The second-order valence-electron chi connectivity index (χ2n) is 6.06. The van der Waals surface area contributed by atoms with Crippen LogP contribution in [0.4, 0.5) is 5.69 Å². The normalized spacial score (nSPS) is 22.3. The van der Waals surface area contributed by atoms with Gasteiger partial charge in [-0.25, -0.2) is 0 Å². The molecule has 2 rings (SSSR count). The molecule has 1 unspecified atom stereocenters. The molecule has 1 saturated heterocycles. The molecule has 3 heteroatoms. The highest BCUT2D eigenvalue weighted by Crippen LogP contribution is 2.36. The predicted octanol–water partition coefficient (Wildman–Crippen LogP) is 2.90. The average Bonchev–Trinajstić information content (AvgIpc) is 2.39. The van der Waals surface area contributed by atoms with Crippen molar-refractivity contribution >= 4 is 5.69 Å². The first-order chi connectivity index (χ1) is 9.06. The Bertz CT molecular complexity index is 400. The number of benzene rings is 1.